The van der Waals surface area contributed by atoms with Crippen LogP contribution in [0, 0.1) is 11.8 Å². The Morgan fingerprint density at radius 2 is 2.05 bits per heavy atom. The Bertz CT molecular complexity index is 331. The predicted octanol–water partition coefficient (Wildman–Crippen LogP) is 1.42. The van der Waals surface area contributed by atoms with Crippen LogP contribution in [0.15, 0.2) is 0 Å². The average Bonchev–Trinajstić information content (AvgIpc) is 2.44. The molecule has 1 saturated heterocycles. The van der Waals surface area contributed by atoms with Gasteiger partial charge in [-0.15, -0.1) is 0 Å². The number of nitrogens with one attached hydrogen (secondary N) is 1. The third kappa shape index (κ3) is 5.12. The zero-order chi connectivity index (χ0) is 15.1. The van der Waals surface area contributed by atoms with Crippen LogP contribution >= 0.6 is 0 Å². The molecule has 0 aromatic carbocycles. The second kappa shape index (κ2) is 8.25. The van der Waals surface area contributed by atoms with Gasteiger partial charge in [-0.25, -0.2) is 0 Å². The van der Waals surface area contributed by atoms with Crippen molar-refractivity contribution in [2.75, 3.05) is 26.2 Å². The Labute approximate surface area is 122 Å². The fourth-order valence-corrected chi connectivity index (χ4v) is 2.43. The van der Waals surface area contributed by atoms with Gasteiger partial charge in [0.2, 0.25) is 5.91 Å². The fourth-order valence-electron chi connectivity index (χ4n) is 2.43. The third-order valence-electron chi connectivity index (χ3n) is 3.68. The lowest BCUT2D eigenvalue weighted by Crippen LogP contribution is -2.50. The molecule has 1 aliphatic rings. The fraction of sp³-hybridized carbons (Fsp3) is 0.867. The molecule has 1 N–H and O–H groups in total. The van der Waals surface area contributed by atoms with Crippen LogP contribution in [0.4, 0.5) is 0 Å². The van der Waals surface area contributed by atoms with Crippen LogP contribution in [0.1, 0.15) is 40.5 Å². The van der Waals surface area contributed by atoms with Crippen LogP contribution in [0.2, 0.25) is 0 Å². The molecule has 0 aliphatic carbocycles. The van der Waals surface area contributed by atoms with Crippen LogP contribution in [-0.4, -0.2) is 49.1 Å². The van der Waals surface area contributed by atoms with Crippen molar-refractivity contribution in [1.82, 2.24) is 10.2 Å². The quantitative estimate of drug-likeness (QED) is 0.750. The molecule has 2 atom stereocenters. The first-order valence-electron chi connectivity index (χ1n) is 7.64. The van der Waals surface area contributed by atoms with Crippen LogP contribution in [-0.2, 0) is 14.3 Å². The lowest BCUT2D eigenvalue weighted by atomic mass is 9.97. The Balaban J connectivity index is 2.49. The molecule has 1 heterocycles. The van der Waals surface area contributed by atoms with E-state index in [1.165, 1.54) is 0 Å². The summed E-state index contributed by atoms with van der Waals surface area (Å²) in [4.78, 5) is 26.0. The van der Waals surface area contributed by atoms with Crippen LogP contribution in [0.25, 0.3) is 0 Å². The van der Waals surface area contributed by atoms with Crippen molar-refractivity contribution in [2.24, 2.45) is 11.8 Å². The Morgan fingerprint density at radius 3 is 2.65 bits per heavy atom. The average molecular weight is 284 g/mol. The highest BCUT2D eigenvalue weighted by atomic mass is 16.5. The number of likely N-dealkylation sites (tertiary alicyclic amines) is 1. The summed E-state index contributed by atoms with van der Waals surface area (Å²) in [6, 6.07) is -0.189. The standard InChI is InChI=1S/C15H28N2O3/c1-5-20-15(19)13-7-6-8-17(10-13)12(4)14(18)16-9-11(2)3/h11-13H,5-10H2,1-4H3,(H,16,18). The van der Waals surface area contributed by atoms with Gasteiger partial charge in [-0.3, -0.25) is 14.5 Å². The number of hydrogen-bond donors (Lipinski definition) is 1. The first-order chi connectivity index (χ1) is 9.45. The van der Waals surface area contributed by atoms with E-state index in [2.05, 4.69) is 24.1 Å². The van der Waals surface area contributed by atoms with Gasteiger partial charge in [0.15, 0.2) is 0 Å². The SMILES string of the molecule is CCOC(=O)C1CCCN(C(C)C(=O)NCC(C)C)C1. The first-order valence-corrected chi connectivity index (χ1v) is 7.64. The summed E-state index contributed by atoms with van der Waals surface area (Å²) in [5.74, 6) is 0.263. The van der Waals surface area contributed by atoms with E-state index in [4.69, 9.17) is 4.74 Å². The third-order valence-corrected chi connectivity index (χ3v) is 3.68. The lowest BCUT2D eigenvalue weighted by molar-refractivity contribution is -0.151. The minimum atomic E-state index is -0.189. The maximum atomic E-state index is 12.1. The number of piperidine rings is 1. The number of nitrogens with zero attached hydrogens (tertiary/aromatic N) is 1. The van der Waals surface area contributed by atoms with E-state index in [0.717, 1.165) is 19.4 Å². The van der Waals surface area contributed by atoms with Gasteiger partial charge in [0, 0.05) is 13.1 Å². The Hall–Kier alpha value is -1.10. The maximum absolute atomic E-state index is 12.1. The molecule has 20 heavy (non-hydrogen) atoms. The topological polar surface area (TPSA) is 58.6 Å². The molecule has 0 spiro atoms. The van der Waals surface area contributed by atoms with Gasteiger partial charge < -0.3 is 10.1 Å². The molecule has 0 radical (unpaired) electrons. The van der Waals surface area contributed by atoms with E-state index in [9.17, 15) is 9.59 Å². The minimum absolute atomic E-state index is 0.0446. The number of carbonyl (C=O) groups excluding carboxylic acids is 2. The molecule has 5 heteroatoms. The molecule has 1 rings (SSSR count). The Kier molecular flexibility index (Phi) is 6.99. The molecule has 0 aromatic rings. The number of rotatable bonds is 6. The van der Waals surface area contributed by atoms with Gasteiger partial charge in [-0.2, -0.15) is 0 Å². The first kappa shape index (κ1) is 17.0. The van der Waals surface area contributed by atoms with Crippen LogP contribution in [0.3, 0.4) is 0 Å². The minimum Gasteiger partial charge on any atom is -0.466 e. The van der Waals surface area contributed by atoms with E-state index in [-0.39, 0.29) is 23.8 Å². The second-order valence-electron chi connectivity index (χ2n) is 5.90. The molecule has 2 unspecified atom stereocenters. The summed E-state index contributed by atoms with van der Waals surface area (Å²) < 4.78 is 5.08. The maximum Gasteiger partial charge on any atom is 0.310 e. The summed E-state index contributed by atoms with van der Waals surface area (Å²) >= 11 is 0. The summed E-state index contributed by atoms with van der Waals surface area (Å²) in [6.07, 6.45) is 1.79. The van der Waals surface area contributed by atoms with Crippen molar-refractivity contribution in [3.8, 4) is 0 Å². The van der Waals surface area contributed by atoms with Gasteiger partial charge >= 0.3 is 5.97 Å². The number of carbonyl (C=O) groups is 2. The highest BCUT2D eigenvalue weighted by Gasteiger charge is 2.31. The van der Waals surface area contributed by atoms with E-state index < -0.39 is 0 Å². The van der Waals surface area contributed by atoms with Crippen molar-refractivity contribution < 1.29 is 14.3 Å². The van der Waals surface area contributed by atoms with Crippen molar-refractivity contribution in [3.63, 3.8) is 0 Å². The van der Waals surface area contributed by atoms with Crippen molar-refractivity contribution in [2.45, 2.75) is 46.6 Å². The molecule has 5 nitrogen and oxygen atoms in total. The summed E-state index contributed by atoms with van der Waals surface area (Å²) in [6.45, 7) is 10.5. The van der Waals surface area contributed by atoms with Gasteiger partial charge in [0.1, 0.15) is 0 Å². The smallest absolute Gasteiger partial charge is 0.310 e. The van der Waals surface area contributed by atoms with Gasteiger partial charge in [-0.1, -0.05) is 13.8 Å². The van der Waals surface area contributed by atoms with Gasteiger partial charge in [0.05, 0.1) is 18.6 Å². The summed E-state index contributed by atoms with van der Waals surface area (Å²) in [5, 5.41) is 2.95. The monoisotopic (exact) mass is 284 g/mol. The van der Waals surface area contributed by atoms with E-state index >= 15 is 0 Å². The molecular weight excluding hydrogens is 256 g/mol. The molecule has 0 bridgehead atoms. The van der Waals surface area contributed by atoms with Crippen molar-refractivity contribution >= 4 is 11.9 Å². The molecule has 1 amide bonds. The van der Waals surface area contributed by atoms with Crippen molar-refractivity contribution in [1.29, 1.82) is 0 Å². The molecule has 0 saturated carbocycles. The molecule has 1 aliphatic heterocycles. The van der Waals surface area contributed by atoms with Crippen LogP contribution < -0.4 is 5.32 Å². The van der Waals surface area contributed by atoms with E-state index in [1.54, 1.807) is 0 Å². The normalized spacial score (nSPS) is 21.6. The van der Waals surface area contributed by atoms with Crippen LogP contribution in [0.5, 0.6) is 0 Å². The van der Waals surface area contributed by atoms with Crippen molar-refractivity contribution in [3.05, 3.63) is 0 Å². The van der Waals surface area contributed by atoms with Gasteiger partial charge in [0.25, 0.3) is 0 Å². The molecule has 116 valence electrons. The van der Waals surface area contributed by atoms with E-state index in [0.29, 0.717) is 25.6 Å². The predicted molar refractivity (Wildman–Crippen MR) is 78.2 cm³/mol. The summed E-state index contributed by atoms with van der Waals surface area (Å²) in [5.41, 5.74) is 0. The number of esters is 1. The zero-order valence-electron chi connectivity index (χ0n) is 13.1. The number of hydrogen-bond acceptors (Lipinski definition) is 4. The van der Waals surface area contributed by atoms with E-state index in [1.807, 2.05) is 13.8 Å². The molecular formula is C15H28N2O3. The second-order valence-corrected chi connectivity index (χ2v) is 5.90. The number of ether oxygens (including phenoxy) is 1. The lowest BCUT2D eigenvalue weighted by Gasteiger charge is -2.35. The highest BCUT2D eigenvalue weighted by molar-refractivity contribution is 5.81. The number of amides is 1. The highest BCUT2D eigenvalue weighted by Crippen LogP contribution is 2.19. The zero-order valence-corrected chi connectivity index (χ0v) is 13.1. The Morgan fingerprint density at radius 1 is 1.35 bits per heavy atom. The van der Waals surface area contributed by atoms with Gasteiger partial charge in [-0.05, 0) is 39.2 Å². The molecule has 0 aromatic heterocycles. The summed E-state index contributed by atoms with van der Waals surface area (Å²) in [7, 11) is 0. The largest absolute Gasteiger partial charge is 0.466 e. The molecule has 1 fully saturated rings.